The van der Waals surface area contributed by atoms with Crippen LogP contribution >= 0.6 is 0 Å². The highest BCUT2D eigenvalue weighted by Crippen LogP contribution is 2.15. The number of carbonyl (C=O) groups excluding carboxylic acids is 1. The Labute approximate surface area is 105 Å². The van der Waals surface area contributed by atoms with Gasteiger partial charge in [-0.25, -0.2) is 0 Å². The Bertz CT molecular complexity index is 228. The standard InChI is InChI=1S/C14H26O3/c1-5-9-12(15)10-7-6-8-11-17-13(16)14(2,3)4/h5,12,15H,1,6-11H2,2-4H3. The lowest BCUT2D eigenvalue weighted by Gasteiger charge is -2.16. The van der Waals surface area contributed by atoms with Crippen LogP contribution in [0.1, 0.15) is 52.9 Å². The van der Waals surface area contributed by atoms with Crippen LogP contribution in [0.15, 0.2) is 12.7 Å². The minimum absolute atomic E-state index is 0.149. The van der Waals surface area contributed by atoms with E-state index < -0.39 is 5.41 Å². The normalized spacial score (nSPS) is 13.2. The van der Waals surface area contributed by atoms with Crippen LogP contribution in [-0.2, 0) is 9.53 Å². The molecule has 3 nitrogen and oxygen atoms in total. The SMILES string of the molecule is C=CCC(O)CCCCCOC(=O)C(C)(C)C. The maximum Gasteiger partial charge on any atom is 0.311 e. The molecule has 0 aromatic heterocycles. The quantitative estimate of drug-likeness (QED) is 0.404. The molecule has 3 heteroatoms. The predicted octanol–water partition coefficient (Wildman–Crippen LogP) is 3.07. The fourth-order valence-electron chi connectivity index (χ4n) is 1.35. The van der Waals surface area contributed by atoms with Crippen molar-refractivity contribution in [1.29, 1.82) is 0 Å². The molecule has 0 fully saturated rings. The van der Waals surface area contributed by atoms with Gasteiger partial charge in [-0.15, -0.1) is 6.58 Å². The molecule has 0 rings (SSSR count). The zero-order valence-electron chi connectivity index (χ0n) is 11.4. The van der Waals surface area contributed by atoms with Gasteiger partial charge in [-0.1, -0.05) is 12.5 Å². The van der Waals surface area contributed by atoms with E-state index in [1.165, 1.54) is 0 Å². The smallest absolute Gasteiger partial charge is 0.311 e. The number of aliphatic hydroxyl groups excluding tert-OH is 1. The van der Waals surface area contributed by atoms with Gasteiger partial charge in [0.25, 0.3) is 0 Å². The summed E-state index contributed by atoms with van der Waals surface area (Å²) in [6, 6.07) is 0. The van der Waals surface area contributed by atoms with Gasteiger partial charge >= 0.3 is 5.97 Å². The Morgan fingerprint density at radius 1 is 1.35 bits per heavy atom. The first-order valence-electron chi connectivity index (χ1n) is 6.34. The Kier molecular flexibility index (Phi) is 7.88. The number of esters is 1. The zero-order valence-corrected chi connectivity index (χ0v) is 11.4. The van der Waals surface area contributed by atoms with E-state index >= 15 is 0 Å². The molecule has 0 aromatic carbocycles. The summed E-state index contributed by atoms with van der Waals surface area (Å²) < 4.78 is 5.14. The first-order valence-corrected chi connectivity index (χ1v) is 6.34. The summed E-state index contributed by atoms with van der Waals surface area (Å²) in [5.74, 6) is -0.149. The topological polar surface area (TPSA) is 46.5 Å². The molecule has 0 saturated heterocycles. The fourth-order valence-corrected chi connectivity index (χ4v) is 1.35. The van der Waals surface area contributed by atoms with Crippen LogP contribution in [0.25, 0.3) is 0 Å². The lowest BCUT2D eigenvalue weighted by Crippen LogP contribution is -2.23. The van der Waals surface area contributed by atoms with E-state index in [0.29, 0.717) is 13.0 Å². The van der Waals surface area contributed by atoms with Crippen LogP contribution in [0.2, 0.25) is 0 Å². The minimum atomic E-state index is -0.417. The second-order valence-corrected chi connectivity index (χ2v) is 5.41. The highest BCUT2D eigenvalue weighted by Gasteiger charge is 2.22. The molecule has 0 aliphatic heterocycles. The number of carbonyl (C=O) groups is 1. The molecule has 0 spiro atoms. The number of ether oxygens (including phenoxy) is 1. The van der Waals surface area contributed by atoms with Crippen molar-refractivity contribution in [3.05, 3.63) is 12.7 Å². The van der Waals surface area contributed by atoms with Gasteiger partial charge in [0.15, 0.2) is 0 Å². The average Bonchev–Trinajstić information content (AvgIpc) is 2.21. The summed E-state index contributed by atoms with van der Waals surface area (Å²) in [6.45, 7) is 9.61. The third kappa shape index (κ3) is 8.93. The lowest BCUT2D eigenvalue weighted by molar-refractivity contribution is -0.153. The van der Waals surface area contributed by atoms with Crippen molar-refractivity contribution in [2.45, 2.75) is 59.0 Å². The van der Waals surface area contributed by atoms with Gasteiger partial charge in [0.2, 0.25) is 0 Å². The van der Waals surface area contributed by atoms with Gasteiger partial charge < -0.3 is 9.84 Å². The summed E-state index contributed by atoms with van der Waals surface area (Å²) in [6.07, 6.45) is 5.70. The van der Waals surface area contributed by atoms with Crippen molar-refractivity contribution in [3.8, 4) is 0 Å². The third-order valence-corrected chi connectivity index (χ3v) is 2.47. The second-order valence-electron chi connectivity index (χ2n) is 5.41. The molecule has 1 N–H and O–H groups in total. The Morgan fingerprint density at radius 2 is 2.00 bits per heavy atom. The van der Waals surface area contributed by atoms with Gasteiger partial charge in [-0.3, -0.25) is 4.79 Å². The van der Waals surface area contributed by atoms with Crippen LogP contribution in [0.4, 0.5) is 0 Å². The van der Waals surface area contributed by atoms with Crippen LogP contribution in [-0.4, -0.2) is 23.8 Å². The molecule has 0 saturated carbocycles. The number of rotatable bonds is 8. The van der Waals surface area contributed by atoms with Gasteiger partial charge in [-0.2, -0.15) is 0 Å². The summed E-state index contributed by atoms with van der Waals surface area (Å²) in [4.78, 5) is 11.4. The Morgan fingerprint density at radius 3 is 2.53 bits per heavy atom. The maximum absolute atomic E-state index is 11.4. The molecule has 0 heterocycles. The average molecular weight is 242 g/mol. The number of unbranched alkanes of at least 4 members (excludes halogenated alkanes) is 2. The highest BCUT2D eigenvalue weighted by atomic mass is 16.5. The Hall–Kier alpha value is -0.830. The third-order valence-electron chi connectivity index (χ3n) is 2.47. The van der Waals surface area contributed by atoms with Crippen LogP contribution in [0, 0.1) is 5.41 Å². The van der Waals surface area contributed by atoms with Crippen molar-refractivity contribution in [2.75, 3.05) is 6.61 Å². The maximum atomic E-state index is 11.4. The summed E-state index contributed by atoms with van der Waals surface area (Å²) in [5, 5.41) is 9.44. The van der Waals surface area contributed by atoms with E-state index in [9.17, 15) is 9.90 Å². The molecular formula is C14H26O3. The molecule has 0 bridgehead atoms. The zero-order chi connectivity index (χ0) is 13.3. The largest absolute Gasteiger partial charge is 0.465 e. The molecule has 17 heavy (non-hydrogen) atoms. The van der Waals surface area contributed by atoms with Crippen LogP contribution in [0.5, 0.6) is 0 Å². The van der Waals surface area contributed by atoms with Gasteiger partial charge in [0.05, 0.1) is 18.1 Å². The van der Waals surface area contributed by atoms with Crippen molar-refractivity contribution in [3.63, 3.8) is 0 Å². The highest BCUT2D eigenvalue weighted by molar-refractivity contribution is 5.75. The summed E-state index contributed by atoms with van der Waals surface area (Å²) in [7, 11) is 0. The molecule has 0 radical (unpaired) electrons. The minimum Gasteiger partial charge on any atom is -0.465 e. The van der Waals surface area contributed by atoms with Crippen molar-refractivity contribution in [1.82, 2.24) is 0 Å². The van der Waals surface area contributed by atoms with E-state index in [-0.39, 0.29) is 12.1 Å². The van der Waals surface area contributed by atoms with Gasteiger partial charge in [0, 0.05) is 0 Å². The molecule has 0 aliphatic rings. The lowest BCUT2D eigenvalue weighted by atomic mass is 9.97. The van der Waals surface area contributed by atoms with E-state index in [0.717, 1.165) is 25.7 Å². The van der Waals surface area contributed by atoms with E-state index in [1.807, 2.05) is 20.8 Å². The molecule has 1 unspecified atom stereocenters. The molecule has 100 valence electrons. The van der Waals surface area contributed by atoms with Crippen molar-refractivity contribution >= 4 is 5.97 Å². The first kappa shape index (κ1) is 16.2. The van der Waals surface area contributed by atoms with E-state index in [4.69, 9.17) is 4.74 Å². The van der Waals surface area contributed by atoms with Crippen molar-refractivity contribution < 1.29 is 14.6 Å². The van der Waals surface area contributed by atoms with Crippen LogP contribution < -0.4 is 0 Å². The van der Waals surface area contributed by atoms with Gasteiger partial charge in [-0.05, 0) is 46.5 Å². The molecule has 0 amide bonds. The monoisotopic (exact) mass is 242 g/mol. The molecule has 0 aromatic rings. The molecule has 0 aliphatic carbocycles. The summed E-state index contributed by atoms with van der Waals surface area (Å²) in [5.41, 5.74) is -0.417. The van der Waals surface area contributed by atoms with E-state index in [2.05, 4.69) is 6.58 Å². The first-order chi connectivity index (χ1) is 7.88. The van der Waals surface area contributed by atoms with Crippen LogP contribution in [0.3, 0.4) is 0 Å². The van der Waals surface area contributed by atoms with Crippen molar-refractivity contribution in [2.24, 2.45) is 5.41 Å². The predicted molar refractivity (Wildman–Crippen MR) is 69.7 cm³/mol. The number of hydrogen-bond donors (Lipinski definition) is 1. The molecular weight excluding hydrogens is 216 g/mol. The molecule has 1 atom stereocenters. The van der Waals surface area contributed by atoms with Gasteiger partial charge in [0.1, 0.15) is 0 Å². The van der Waals surface area contributed by atoms with E-state index in [1.54, 1.807) is 6.08 Å². The fraction of sp³-hybridized carbons (Fsp3) is 0.786. The second kappa shape index (κ2) is 8.29. The Balaban J connectivity index is 3.41. The summed E-state index contributed by atoms with van der Waals surface area (Å²) >= 11 is 0. The number of hydrogen-bond acceptors (Lipinski definition) is 3. The number of aliphatic hydroxyl groups is 1.